The lowest BCUT2D eigenvalue weighted by Gasteiger charge is -2.29. The maximum atomic E-state index is 13.7. The van der Waals surface area contributed by atoms with Crippen LogP contribution >= 0.6 is 11.6 Å². The van der Waals surface area contributed by atoms with Crippen LogP contribution in [0.4, 0.5) is 13.2 Å². The van der Waals surface area contributed by atoms with Crippen LogP contribution in [0.15, 0.2) is 109 Å². The minimum Gasteiger partial charge on any atom is -0.493 e. The summed E-state index contributed by atoms with van der Waals surface area (Å²) in [6, 6.07) is 32.0. The Morgan fingerprint density at radius 3 is 2.24 bits per heavy atom. The molecule has 1 heterocycles. The first-order valence-electron chi connectivity index (χ1n) is 15.4. The first-order chi connectivity index (χ1) is 22.2. The van der Waals surface area contributed by atoms with E-state index in [9.17, 15) is 18.0 Å². The van der Waals surface area contributed by atoms with Crippen molar-refractivity contribution in [3.05, 3.63) is 137 Å². The Morgan fingerprint density at radius 1 is 0.913 bits per heavy atom. The van der Waals surface area contributed by atoms with Crippen LogP contribution in [0.1, 0.15) is 41.5 Å². The molecule has 240 valence electrons. The molecule has 5 rings (SSSR count). The number of nitrogens with one attached hydrogen (secondary N) is 1. The number of carbonyl (C=O) groups is 1. The molecule has 1 aromatic heterocycles. The SMILES string of the molecule is CCNC(=O)Cn1ccc2c(OCCCN(Cc3cccc(C(F)(F)F)c3Cl)CC(c3ccccc3)c3ccccc3)cccc21. The predicted molar refractivity (Wildman–Crippen MR) is 177 cm³/mol. The third-order valence-corrected chi connectivity index (χ3v) is 8.41. The molecule has 4 aromatic carbocycles. The predicted octanol–water partition coefficient (Wildman–Crippen LogP) is 8.55. The first-order valence-corrected chi connectivity index (χ1v) is 15.8. The van der Waals surface area contributed by atoms with E-state index in [2.05, 4.69) is 34.5 Å². The van der Waals surface area contributed by atoms with E-state index in [-0.39, 0.29) is 29.9 Å². The van der Waals surface area contributed by atoms with Gasteiger partial charge in [0.15, 0.2) is 0 Å². The van der Waals surface area contributed by atoms with E-state index in [1.807, 2.05) is 78.4 Å². The number of hydrogen-bond acceptors (Lipinski definition) is 3. The fourth-order valence-electron chi connectivity index (χ4n) is 5.77. The maximum absolute atomic E-state index is 13.7. The molecule has 0 unspecified atom stereocenters. The summed E-state index contributed by atoms with van der Waals surface area (Å²) in [6.07, 6.45) is -2.04. The Balaban J connectivity index is 1.35. The van der Waals surface area contributed by atoms with Crippen LogP contribution in [-0.2, 0) is 24.1 Å². The van der Waals surface area contributed by atoms with Crippen LogP contribution in [0.5, 0.6) is 5.75 Å². The van der Waals surface area contributed by atoms with Crippen molar-refractivity contribution in [2.75, 3.05) is 26.2 Å². The topological polar surface area (TPSA) is 46.5 Å². The van der Waals surface area contributed by atoms with Gasteiger partial charge in [0.2, 0.25) is 5.91 Å². The van der Waals surface area contributed by atoms with Gasteiger partial charge in [-0.05, 0) is 54.3 Å². The highest BCUT2D eigenvalue weighted by atomic mass is 35.5. The number of carbonyl (C=O) groups excluding carboxylic acids is 1. The quantitative estimate of drug-likeness (QED) is 0.123. The average Bonchev–Trinajstić information content (AvgIpc) is 3.46. The Bertz CT molecular complexity index is 1690. The zero-order valence-electron chi connectivity index (χ0n) is 25.6. The summed E-state index contributed by atoms with van der Waals surface area (Å²) in [5.41, 5.74) is 2.74. The molecule has 0 fully saturated rings. The smallest absolute Gasteiger partial charge is 0.417 e. The Hall–Kier alpha value is -4.27. The van der Waals surface area contributed by atoms with E-state index in [0.29, 0.717) is 44.0 Å². The van der Waals surface area contributed by atoms with E-state index in [4.69, 9.17) is 16.3 Å². The second kappa shape index (κ2) is 15.3. The van der Waals surface area contributed by atoms with Gasteiger partial charge in [-0.15, -0.1) is 0 Å². The highest BCUT2D eigenvalue weighted by Crippen LogP contribution is 2.37. The number of benzene rings is 4. The second-order valence-electron chi connectivity index (χ2n) is 11.2. The monoisotopic (exact) mass is 647 g/mol. The van der Waals surface area contributed by atoms with Gasteiger partial charge in [-0.3, -0.25) is 9.69 Å². The number of halogens is 4. The zero-order valence-corrected chi connectivity index (χ0v) is 26.4. The van der Waals surface area contributed by atoms with Crippen LogP contribution in [0.25, 0.3) is 10.9 Å². The number of likely N-dealkylation sites (N-methyl/N-ethyl adjacent to an activating group) is 1. The standard InChI is InChI=1S/C37H37ClF3N3O2/c1-2-42-35(45)26-44-22-20-30-33(44)18-10-19-34(30)46-23-11-21-43(24-29-16-9-17-32(36(29)38)37(39,40)41)25-31(27-12-5-3-6-13-27)28-14-7-4-8-15-28/h3-10,12-20,22,31H,2,11,21,23-26H2,1H3,(H,42,45). The van der Waals surface area contributed by atoms with E-state index < -0.39 is 11.7 Å². The minimum atomic E-state index is -4.54. The van der Waals surface area contributed by atoms with E-state index in [0.717, 1.165) is 28.1 Å². The summed E-state index contributed by atoms with van der Waals surface area (Å²) in [5, 5.41) is 3.46. The molecule has 46 heavy (non-hydrogen) atoms. The molecule has 0 aliphatic heterocycles. The number of fused-ring (bicyclic) bond motifs is 1. The number of ether oxygens (including phenoxy) is 1. The molecular weight excluding hydrogens is 611 g/mol. The van der Waals surface area contributed by atoms with Crippen LogP contribution in [-0.4, -0.2) is 41.6 Å². The van der Waals surface area contributed by atoms with Crippen LogP contribution in [0, 0.1) is 0 Å². The van der Waals surface area contributed by atoms with Crippen molar-refractivity contribution in [1.29, 1.82) is 0 Å². The number of amides is 1. The van der Waals surface area contributed by atoms with Crippen molar-refractivity contribution in [1.82, 2.24) is 14.8 Å². The van der Waals surface area contributed by atoms with Gasteiger partial charge >= 0.3 is 6.18 Å². The molecule has 1 amide bonds. The number of nitrogens with zero attached hydrogens (tertiary/aromatic N) is 2. The van der Waals surface area contributed by atoms with Crippen LogP contribution in [0.2, 0.25) is 5.02 Å². The molecule has 5 aromatic rings. The number of rotatable bonds is 14. The third kappa shape index (κ3) is 8.30. The summed E-state index contributed by atoms with van der Waals surface area (Å²) >= 11 is 6.36. The van der Waals surface area contributed by atoms with Gasteiger partial charge in [0.1, 0.15) is 12.3 Å². The van der Waals surface area contributed by atoms with Crippen LogP contribution < -0.4 is 10.1 Å². The van der Waals surface area contributed by atoms with E-state index >= 15 is 0 Å². The van der Waals surface area contributed by atoms with Crippen molar-refractivity contribution in [3.8, 4) is 5.75 Å². The molecule has 0 bridgehead atoms. The van der Waals surface area contributed by atoms with Gasteiger partial charge in [-0.2, -0.15) is 13.2 Å². The number of aromatic nitrogens is 1. The van der Waals surface area contributed by atoms with Crippen molar-refractivity contribution in [2.24, 2.45) is 0 Å². The van der Waals surface area contributed by atoms with Gasteiger partial charge < -0.3 is 14.6 Å². The van der Waals surface area contributed by atoms with Gasteiger partial charge in [0.25, 0.3) is 0 Å². The molecular formula is C37H37ClF3N3O2. The van der Waals surface area contributed by atoms with Crippen LogP contribution in [0.3, 0.4) is 0 Å². The van der Waals surface area contributed by atoms with Crippen molar-refractivity contribution in [3.63, 3.8) is 0 Å². The summed E-state index contributed by atoms with van der Waals surface area (Å²) < 4.78 is 49.2. The molecule has 0 aliphatic rings. The molecule has 0 spiro atoms. The highest BCUT2D eigenvalue weighted by Gasteiger charge is 2.34. The first kappa shape index (κ1) is 33.1. The maximum Gasteiger partial charge on any atom is 0.417 e. The molecule has 0 atom stereocenters. The zero-order chi connectivity index (χ0) is 32.5. The molecule has 0 saturated carbocycles. The summed E-state index contributed by atoms with van der Waals surface area (Å²) in [7, 11) is 0. The lowest BCUT2D eigenvalue weighted by molar-refractivity contribution is -0.137. The summed E-state index contributed by atoms with van der Waals surface area (Å²) in [6.45, 7) is 4.46. The van der Waals surface area contributed by atoms with E-state index in [1.165, 1.54) is 6.07 Å². The molecule has 5 nitrogen and oxygen atoms in total. The van der Waals surface area contributed by atoms with Gasteiger partial charge in [0, 0.05) is 43.7 Å². The fraction of sp³-hybridized carbons (Fsp3) is 0.270. The number of hydrogen-bond donors (Lipinski definition) is 1. The highest BCUT2D eigenvalue weighted by molar-refractivity contribution is 6.32. The number of alkyl halides is 3. The van der Waals surface area contributed by atoms with Crippen molar-refractivity contribution >= 4 is 28.4 Å². The molecule has 1 N–H and O–H groups in total. The Kier molecular flexibility index (Phi) is 11.0. The molecule has 0 radical (unpaired) electrons. The van der Waals surface area contributed by atoms with Gasteiger partial charge in [0.05, 0.1) is 22.7 Å². The third-order valence-electron chi connectivity index (χ3n) is 7.96. The van der Waals surface area contributed by atoms with Crippen molar-refractivity contribution < 1.29 is 22.7 Å². The minimum absolute atomic E-state index is 0.00804. The normalized spacial score (nSPS) is 11.8. The molecule has 0 saturated heterocycles. The van der Waals surface area contributed by atoms with Crippen molar-refractivity contribution in [2.45, 2.75) is 38.5 Å². The molecule has 0 aliphatic carbocycles. The van der Waals surface area contributed by atoms with Gasteiger partial charge in [-0.1, -0.05) is 90.5 Å². The Labute approximate surface area is 272 Å². The van der Waals surface area contributed by atoms with Gasteiger partial charge in [-0.25, -0.2) is 0 Å². The largest absolute Gasteiger partial charge is 0.493 e. The lowest BCUT2D eigenvalue weighted by Crippen LogP contribution is -2.31. The summed E-state index contributed by atoms with van der Waals surface area (Å²) in [5.74, 6) is 0.647. The second-order valence-corrected chi connectivity index (χ2v) is 11.6. The fourth-order valence-corrected chi connectivity index (χ4v) is 6.06. The summed E-state index contributed by atoms with van der Waals surface area (Å²) in [4.78, 5) is 14.3. The molecule has 9 heteroatoms. The Morgan fingerprint density at radius 2 is 1.59 bits per heavy atom. The lowest BCUT2D eigenvalue weighted by atomic mass is 9.90. The average molecular weight is 648 g/mol. The van der Waals surface area contributed by atoms with E-state index in [1.54, 1.807) is 6.07 Å².